The fraction of sp³-hybridized carbons (Fsp3) is 0.286. The van der Waals surface area contributed by atoms with E-state index < -0.39 is 0 Å². The molecule has 1 aromatic carbocycles. The number of aromatic nitrogens is 2. The summed E-state index contributed by atoms with van der Waals surface area (Å²) < 4.78 is 7.06. The van der Waals surface area contributed by atoms with Crippen LogP contribution >= 0.6 is 23.2 Å². The molecular weight excluding hydrogens is 313 g/mol. The molecule has 1 saturated carbocycles. The van der Waals surface area contributed by atoms with Gasteiger partial charge in [0.1, 0.15) is 5.69 Å². The third-order valence-electron chi connectivity index (χ3n) is 3.05. The minimum Gasteiger partial charge on any atom is -0.468 e. The van der Waals surface area contributed by atoms with E-state index in [4.69, 9.17) is 27.9 Å². The third-order valence-corrected chi connectivity index (χ3v) is 3.64. The fourth-order valence-electron chi connectivity index (χ4n) is 1.79. The molecule has 1 aliphatic carbocycles. The van der Waals surface area contributed by atoms with Crippen molar-refractivity contribution in [3.05, 3.63) is 46.2 Å². The molecule has 1 amide bonds. The van der Waals surface area contributed by atoms with E-state index in [1.807, 2.05) is 0 Å². The second-order valence-corrected chi connectivity index (χ2v) is 5.63. The van der Waals surface area contributed by atoms with Crippen molar-refractivity contribution in [3.8, 4) is 5.75 Å². The number of nitrogens with one attached hydrogen (secondary N) is 1. The molecule has 1 N–H and O–H groups in total. The van der Waals surface area contributed by atoms with E-state index in [-0.39, 0.29) is 12.6 Å². The average Bonchev–Trinajstić information content (AvgIpc) is 3.13. The smallest absolute Gasteiger partial charge is 0.271 e. The average molecular weight is 326 g/mol. The fourth-order valence-corrected chi connectivity index (χ4v) is 2.30. The number of amides is 1. The summed E-state index contributed by atoms with van der Waals surface area (Å²) in [5.74, 6) is 0.243. The van der Waals surface area contributed by atoms with Gasteiger partial charge in [-0.05, 0) is 31.0 Å². The van der Waals surface area contributed by atoms with E-state index in [1.54, 1.807) is 30.5 Å². The maximum atomic E-state index is 11.8. The standard InChI is InChI=1S/C14H13Cl2N3O2/c15-10-2-1-3-11(16)13(10)21-8-19-7-6-12(18-19)14(20)17-9-4-5-9/h1-3,6-7,9H,4-5,8H2,(H,17,20). The van der Waals surface area contributed by atoms with Crippen molar-refractivity contribution in [3.63, 3.8) is 0 Å². The maximum Gasteiger partial charge on any atom is 0.271 e. The molecule has 110 valence electrons. The molecule has 1 heterocycles. The van der Waals surface area contributed by atoms with E-state index in [2.05, 4.69) is 10.4 Å². The number of ether oxygens (including phenoxy) is 1. The van der Waals surface area contributed by atoms with Gasteiger partial charge in [0.15, 0.2) is 12.5 Å². The molecule has 2 aromatic rings. The lowest BCUT2D eigenvalue weighted by Gasteiger charge is -2.09. The normalized spacial score (nSPS) is 14.0. The first kappa shape index (κ1) is 14.2. The topological polar surface area (TPSA) is 56.2 Å². The second-order valence-electron chi connectivity index (χ2n) is 4.81. The van der Waals surface area contributed by atoms with E-state index in [1.165, 1.54) is 4.68 Å². The number of carbonyl (C=O) groups excluding carboxylic acids is 1. The van der Waals surface area contributed by atoms with E-state index in [9.17, 15) is 4.79 Å². The highest BCUT2D eigenvalue weighted by Crippen LogP contribution is 2.32. The highest BCUT2D eigenvalue weighted by atomic mass is 35.5. The summed E-state index contributed by atoms with van der Waals surface area (Å²) in [5, 5.41) is 7.90. The number of para-hydroxylation sites is 1. The lowest BCUT2D eigenvalue weighted by molar-refractivity contribution is 0.0944. The molecule has 7 heteroatoms. The predicted molar refractivity (Wildman–Crippen MR) is 79.8 cm³/mol. The van der Waals surface area contributed by atoms with Crippen LogP contribution in [0.5, 0.6) is 5.75 Å². The van der Waals surface area contributed by atoms with Crippen molar-refractivity contribution >= 4 is 29.1 Å². The lowest BCUT2D eigenvalue weighted by Crippen LogP contribution is -2.26. The molecule has 0 aliphatic heterocycles. The van der Waals surface area contributed by atoms with Crippen molar-refractivity contribution in [2.45, 2.75) is 25.6 Å². The highest BCUT2D eigenvalue weighted by molar-refractivity contribution is 6.37. The van der Waals surface area contributed by atoms with Crippen LogP contribution in [-0.2, 0) is 6.73 Å². The van der Waals surface area contributed by atoms with Crippen LogP contribution in [0.3, 0.4) is 0 Å². The van der Waals surface area contributed by atoms with Gasteiger partial charge in [0, 0.05) is 12.2 Å². The number of hydrogen-bond donors (Lipinski definition) is 1. The predicted octanol–water partition coefficient (Wildman–Crippen LogP) is 3.12. The van der Waals surface area contributed by atoms with E-state index in [0.717, 1.165) is 12.8 Å². The number of rotatable bonds is 5. The number of nitrogens with zero attached hydrogens (tertiary/aromatic N) is 2. The first-order valence-corrected chi connectivity index (χ1v) is 7.30. The van der Waals surface area contributed by atoms with Gasteiger partial charge in [-0.15, -0.1) is 0 Å². The van der Waals surface area contributed by atoms with Crippen LogP contribution in [0.1, 0.15) is 23.3 Å². The summed E-state index contributed by atoms with van der Waals surface area (Å²) in [4.78, 5) is 11.8. The molecule has 1 aliphatic rings. The molecule has 1 fully saturated rings. The van der Waals surface area contributed by atoms with Crippen LogP contribution in [0.25, 0.3) is 0 Å². The lowest BCUT2D eigenvalue weighted by atomic mass is 10.3. The number of halogens is 2. The molecule has 3 rings (SSSR count). The molecule has 21 heavy (non-hydrogen) atoms. The maximum absolute atomic E-state index is 11.8. The molecule has 0 saturated heterocycles. The Hall–Kier alpha value is -1.72. The molecule has 0 radical (unpaired) electrons. The van der Waals surface area contributed by atoms with Crippen molar-refractivity contribution in [1.82, 2.24) is 15.1 Å². The molecule has 0 unspecified atom stereocenters. The minimum absolute atomic E-state index is 0.125. The van der Waals surface area contributed by atoms with Crippen LogP contribution in [0.4, 0.5) is 0 Å². The minimum atomic E-state index is -0.160. The monoisotopic (exact) mass is 325 g/mol. The Morgan fingerprint density at radius 3 is 2.71 bits per heavy atom. The summed E-state index contributed by atoms with van der Waals surface area (Å²) in [7, 11) is 0. The first-order chi connectivity index (χ1) is 10.1. The van der Waals surface area contributed by atoms with Gasteiger partial charge < -0.3 is 10.1 Å². The van der Waals surface area contributed by atoms with Gasteiger partial charge in [-0.25, -0.2) is 4.68 Å². The van der Waals surface area contributed by atoms with Gasteiger partial charge in [-0.1, -0.05) is 29.3 Å². The summed E-state index contributed by atoms with van der Waals surface area (Å²) in [6.07, 6.45) is 3.76. The Morgan fingerprint density at radius 1 is 1.33 bits per heavy atom. The van der Waals surface area contributed by atoms with Crippen molar-refractivity contribution < 1.29 is 9.53 Å². The number of benzene rings is 1. The first-order valence-electron chi connectivity index (χ1n) is 6.54. The van der Waals surface area contributed by atoms with Gasteiger partial charge in [-0.3, -0.25) is 4.79 Å². The van der Waals surface area contributed by atoms with Crippen LogP contribution in [0, 0.1) is 0 Å². The zero-order chi connectivity index (χ0) is 14.8. The second kappa shape index (κ2) is 5.95. The van der Waals surface area contributed by atoms with Crippen molar-refractivity contribution in [1.29, 1.82) is 0 Å². The molecule has 0 bridgehead atoms. The summed E-state index contributed by atoms with van der Waals surface area (Å²) in [5.41, 5.74) is 0.371. The zero-order valence-corrected chi connectivity index (χ0v) is 12.6. The van der Waals surface area contributed by atoms with Gasteiger partial charge in [-0.2, -0.15) is 5.10 Å². The Morgan fingerprint density at radius 2 is 2.05 bits per heavy atom. The van der Waals surface area contributed by atoms with E-state index in [0.29, 0.717) is 27.5 Å². The van der Waals surface area contributed by atoms with Gasteiger partial charge in [0.25, 0.3) is 5.91 Å². The van der Waals surface area contributed by atoms with Crippen LogP contribution in [0.2, 0.25) is 10.0 Å². The summed E-state index contributed by atoms with van der Waals surface area (Å²) >= 11 is 12.0. The number of carbonyl (C=O) groups is 1. The molecule has 0 atom stereocenters. The van der Waals surface area contributed by atoms with Crippen LogP contribution in [-0.4, -0.2) is 21.7 Å². The largest absolute Gasteiger partial charge is 0.468 e. The highest BCUT2D eigenvalue weighted by Gasteiger charge is 2.24. The molecule has 1 aromatic heterocycles. The van der Waals surface area contributed by atoms with E-state index >= 15 is 0 Å². The Bertz CT molecular complexity index is 648. The quantitative estimate of drug-likeness (QED) is 0.918. The Balaban J connectivity index is 1.63. The van der Waals surface area contributed by atoms with Crippen LogP contribution < -0.4 is 10.1 Å². The Labute approximate surface area is 131 Å². The van der Waals surface area contributed by atoms with Crippen molar-refractivity contribution in [2.75, 3.05) is 0 Å². The Kier molecular flexibility index (Phi) is 4.03. The molecule has 0 spiro atoms. The molecule has 5 nitrogen and oxygen atoms in total. The number of hydrogen-bond acceptors (Lipinski definition) is 3. The zero-order valence-electron chi connectivity index (χ0n) is 11.1. The van der Waals surface area contributed by atoms with Gasteiger partial charge >= 0.3 is 0 Å². The van der Waals surface area contributed by atoms with Crippen molar-refractivity contribution in [2.24, 2.45) is 0 Å². The molecular formula is C14H13Cl2N3O2. The van der Waals surface area contributed by atoms with Gasteiger partial charge in [0.2, 0.25) is 0 Å². The van der Waals surface area contributed by atoms with Gasteiger partial charge in [0.05, 0.1) is 10.0 Å². The third kappa shape index (κ3) is 3.49. The summed E-state index contributed by atoms with van der Waals surface area (Å²) in [6, 6.07) is 7.09. The summed E-state index contributed by atoms with van der Waals surface area (Å²) in [6.45, 7) is 0.125. The van der Waals surface area contributed by atoms with Crippen LogP contribution in [0.15, 0.2) is 30.5 Å². The SMILES string of the molecule is O=C(NC1CC1)c1ccn(COc2c(Cl)cccc2Cl)n1.